The smallest absolute Gasteiger partial charge is 0.280 e. The summed E-state index contributed by atoms with van der Waals surface area (Å²) in [4.78, 5) is 32.8. The normalized spacial score (nSPS) is 21.5. The van der Waals surface area contributed by atoms with Crippen LogP contribution in [0.15, 0.2) is 29.7 Å². The molecule has 6 rings (SSSR count). The number of hydrogen-bond acceptors (Lipinski definition) is 10. The summed E-state index contributed by atoms with van der Waals surface area (Å²) in [5, 5.41) is 14.7. The number of anilines is 1. The van der Waals surface area contributed by atoms with Gasteiger partial charge in [-0.2, -0.15) is 4.31 Å². The third-order valence-corrected chi connectivity index (χ3v) is 9.99. The van der Waals surface area contributed by atoms with E-state index in [-0.39, 0.29) is 40.7 Å². The van der Waals surface area contributed by atoms with Crippen LogP contribution in [0.5, 0.6) is 5.75 Å². The lowest BCUT2D eigenvalue weighted by molar-refractivity contribution is -0.138. The van der Waals surface area contributed by atoms with Crippen LogP contribution in [-0.2, 0) is 19.6 Å². The van der Waals surface area contributed by atoms with Crippen LogP contribution in [0.1, 0.15) is 55.3 Å². The molecule has 1 unspecified atom stereocenters. The van der Waals surface area contributed by atoms with E-state index >= 15 is 0 Å². The van der Waals surface area contributed by atoms with Crippen molar-refractivity contribution in [2.45, 2.75) is 50.6 Å². The van der Waals surface area contributed by atoms with Crippen molar-refractivity contribution < 1.29 is 31.5 Å². The van der Waals surface area contributed by atoms with Gasteiger partial charge in [0.1, 0.15) is 22.8 Å². The van der Waals surface area contributed by atoms with Crippen LogP contribution < -0.4 is 15.4 Å². The first-order chi connectivity index (χ1) is 20.9. The monoisotopic (exact) mass is 645 g/mol. The number of pyridine rings is 1. The highest BCUT2D eigenvalue weighted by molar-refractivity contribution is 7.88. The zero-order valence-corrected chi connectivity index (χ0v) is 25.7. The van der Waals surface area contributed by atoms with Crippen LogP contribution in [0, 0.1) is 17.8 Å². The Hall–Kier alpha value is -3.94. The lowest BCUT2D eigenvalue weighted by Crippen LogP contribution is -2.61. The van der Waals surface area contributed by atoms with Gasteiger partial charge in [-0.1, -0.05) is 17.3 Å². The molecule has 0 radical (unpaired) electrons. The van der Waals surface area contributed by atoms with Crippen LogP contribution in [0.2, 0.25) is 0 Å². The fourth-order valence-electron chi connectivity index (χ4n) is 5.47. The summed E-state index contributed by atoms with van der Waals surface area (Å²) in [6, 6.07) is 0.427. The molecule has 1 atom stereocenters. The Morgan fingerprint density at radius 3 is 2.66 bits per heavy atom. The van der Waals surface area contributed by atoms with Crippen molar-refractivity contribution in [3.63, 3.8) is 0 Å². The Morgan fingerprint density at radius 2 is 2.02 bits per heavy atom. The highest BCUT2D eigenvalue weighted by atomic mass is 32.2. The van der Waals surface area contributed by atoms with Crippen molar-refractivity contribution in [1.82, 2.24) is 29.7 Å². The van der Waals surface area contributed by atoms with Gasteiger partial charge in [-0.25, -0.2) is 17.2 Å². The highest BCUT2D eigenvalue weighted by Gasteiger charge is 2.61. The number of ether oxygens (including phenoxy) is 1. The topological polar surface area (TPSA) is 147 Å². The minimum atomic E-state index is -3.63. The van der Waals surface area contributed by atoms with Gasteiger partial charge < -0.3 is 10.1 Å². The summed E-state index contributed by atoms with van der Waals surface area (Å²) in [5.74, 6) is 5.90. The minimum Gasteiger partial charge on any atom is -0.494 e. The maximum absolute atomic E-state index is 13.8. The van der Waals surface area contributed by atoms with Crippen molar-refractivity contribution >= 4 is 43.9 Å². The number of nitrogens with zero attached hydrogens (tertiary/aromatic N) is 5. The van der Waals surface area contributed by atoms with Gasteiger partial charge in [-0.3, -0.25) is 24.8 Å². The summed E-state index contributed by atoms with van der Waals surface area (Å²) in [5.41, 5.74) is -1.11. The van der Waals surface area contributed by atoms with Crippen molar-refractivity contribution in [3.05, 3.63) is 46.0 Å². The first-order valence-electron chi connectivity index (χ1n) is 13.9. The van der Waals surface area contributed by atoms with Gasteiger partial charge in [0, 0.05) is 30.1 Å². The average molecular weight is 646 g/mol. The average Bonchev–Trinajstić information content (AvgIpc) is 3.91. The molecule has 2 aromatic heterocycles. The number of amides is 2. The zero-order chi connectivity index (χ0) is 31.4. The number of carbonyl (C=O) groups excluding carboxylic acids is 2. The van der Waals surface area contributed by atoms with Gasteiger partial charge in [-0.15, -0.1) is 10.2 Å². The predicted octanol–water partition coefficient (Wildman–Crippen LogP) is 2.50. The second-order valence-electron chi connectivity index (χ2n) is 11.1. The Morgan fingerprint density at radius 1 is 1.27 bits per heavy atom. The fraction of sp³-hybridized carbons (Fsp3) is 0.464. The van der Waals surface area contributed by atoms with Crippen LogP contribution in [0.4, 0.5) is 13.9 Å². The summed E-state index contributed by atoms with van der Waals surface area (Å²) in [7, 11) is -2.27. The van der Waals surface area contributed by atoms with E-state index in [9.17, 15) is 26.8 Å². The number of allylic oxidation sites excluding steroid dienone is 2. The van der Waals surface area contributed by atoms with Crippen molar-refractivity contribution in [2.24, 2.45) is 5.92 Å². The maximum Gasteiger partial charge on any atom is 0.280 e. The number of nitrogens with one attached hydrogen (secondary N) is 2. The molecule has 0 bridgehead atoms. The molecule has 0 aromatic carbocycles. The molecule has 2 aromatic rings. The minimum absolute atomic E-state index is 0.0548. The van der Waals surface area contributed by atoms with E-state index in [1.807, 2.05) is 0 Å². The van der Waals surface area contributed by atoms with E-state index in [2.05, 4.69) is 37.7 Å². The zero-order valence-electron chi connectivity index (χ0n) is 24.1. The number of dihydropyridines is 1. The summed E-state index contributed by atoms with van der Waals surface area (Å²) in [6.45, 7) is 1.83. The van der Waals surface area contributed by atoms with Crippen LogP contribution in [0.3, 0.4) is 0 Å². The molecule has 44 heavy (non-hydrogen) atoms. The molecule has 2 amide bonds. The number of sulfonamides is 1. The molecule has 2 aliphatic heterocycles. The first kappa shape index (κ1) is 30.1. The number of piperazine rings is 1. The van der Waals surface area contributed by atoms with E-state index in [4.69, 9.17) is 4.74 Å². The van der Waals surface area contributed by atoms with Crippen molar-refractivity contribution in [1.29, 1.82) is 0 Å². The van der Waals surface area contributed by atoms with Crippen molar-refractivity contribution in [3.8, 4) is 17.6 Å². The summed E-state index contributed by atoms with van der Waals surface area (Å²) in [6.07, 6.45) is 3.76. The molecule has 4 aliphatic rings. The molecule has 16 heteroatoms. The first-order valence-corrected chi connectivity index (χ1v) is 16.6. The number of alkyl halides is 2. The maximum atomic E-state index is 13.8. The van der Waals surface area contributed by atoms with Crippen LogP contribution >= 0.6 is 11.3 Å². The second kappa shape index (κ2) is 11.2. The second-order valence-corrected chi connectivity index (χ2v) is 14.0. The lowest BCUT2D eigenvalue weighted by atomic mass is 9.91. The van der Waals surface area contributed by atoms with E-state index in [1.165, 1.54) is 22.4 Å². The van der Waals surface area contributed by atoms with E-state index in [0.29, 0.717) is 29.6 Å². The number of aromatic nitrogens is 3. The molecule has 232 valence electrons. The van der Waals surface area contributed by atoms with Gasteiger partial charge in [0.2, 0.25) is 21.1 Å². The molecule has 1 spiro atoms. The number of hydrogen-bond donors (Lipinski definition) is 2. The van der Waals surface area contributed by atoms with Gasteiger partial charge >= 0.3 is 0 Å². The number of carbonyl (C=O) groups is 2. The quantitative estimate of drug-likeness (QED) is 0.434. The molecular formula is C28H29F2N7O5S2. The van der Waals surface area contributed by atoms with Crippen molar-refractivity contribution in [2.75, 3.05) is 31.8 Å². The number of rotatable bonds is 7. The molecule has 2 saturated carbocycles. The Kier molecular flexibility index (Phi) is 7.67. The number of halogens is 2. The van der Waals surface area contributed by atoms with E-state index in [1.54, 1.807) is 6.92 Å². The standard InChI is InChI=1S/C28H29F2N7O5S2/c1-15-23(25(38)33-27-35-34-22(43-27)7-6-16-4-5-16)18(17-12-19(24(29)30)31-14-20(17)42-2)13-21(32-15)36-10-11-37(44(3,40)41)28(8-9-28)26(36)39/h12-16,24,32H,4-5,8-11H2,1-3H3,(H,33,35,38). The third-order valence-electron chi connectivity index (χ3n) is 7.90. The summed E-state index contributed by atoms with van der Waals surface area (Å²) >= 11 is 1.11. The van der Waals surface area contributed by atoms with Crippen LogP contribution in [0.25, 0.3) is 5.57 Å². The fourth-order valence-corrected chi connectivity index (χ4v) is 7.38. The molecule has 2 N–H and O–H groups in total. The van der Waals surface area contributed by atoms with Gasteiger partial charge in [0.15, 0.2) is 5.01 Å². The molecular weight excluding hydrogens is 616 g/mol. The van der Waals surface area contributed by atoms with Crippen LogP contribution in [-0.4, -0.2) is 82.7 Å². The van der Waals surface area contributed by atoms with Gasteiger partial charge in [-0.05, 0) is 56.2 Å². The van der Waals surface area contributed by atoms with E-state index in [0.717, 1.165) is 42.7 Å². The Balaban J connectivity index is 1.41. The number of methoxy groups -OCH3 is 1. The third kappa shape index (κ3) is 5.66. The highest BCUT2D eigenvalue weighted by Crippen LogP contribution is 2.47. The summed E-state index contributed by atoms with van der Waals surface area (Å²) < 4.78 is 59.1. The van der Waals surface area contributed by atoms with Gasteiger partial charge in [0.05, 0.1) is 25.6 Å². The molecule has 2 aliphatic carbocycles. The molecule has 12 nitrogen and oxygen atoms in total. The Bertz CT molecular complexity index is 1770. The molecule has 3 fully saturated rings. The predicted molar refractivity (Wildman–Crippen MR) is 157 cm³/mol. The molecule has 1 saturated heterocycles. The lowest BCUT2D eigenvalue weighted by Gasteiger charge is -2.42. The SMILES string of the molecule is COc1cnc(C(F)F)cc1C1=C(C(=O)Nc2nnc(C#CC3CC3)s2)C(C)NC(N2CCN(S(C)(=O)=O)C3(CC3)C2=O)=C1. The molecule has 4 heterocycles. The largest absolute Gasteiger partial charge is 0.494 e. The van der Waals surface area contributed by atoms with E-state index < -0.39 is 45.5 Å². The van der Waals surface area contributed by atoms with Gasteiger partial charge in [0.25, 0.3) is 12.3 Å². The Labute approximate surface area is 256 Å².